The molecule has 0 heterocycles. The van der Waals surface area contributed by atoms with Crippen LogP contribution in [0.4, 0.5) is 0 Å². The Kier molecular flexibility index (Phi) is 7.00. The predicted octanol–water partition coefficient (Wildman–Crippen LogP) is 4.77. The van der Waals surface area contributed by atoms with Gasteiger partial charge in [0.25, 0.3) is 0 Å². The third-order valence-electron chi connectivity index (χ3n) is 4.49. The molecule has 0 aliphatic carbocycles. The first-order valence-electron chi connectivity index (χ1n) is 9.37. The molecule has 30 heavy (non-hydrogen) atoms. The maximum absolute atomic E-state index is 12.9. The lowest BCUT2D eigenvalue weighted by Crippen LogP contribution is -2.08. The molecule has 0 saturated heterocycles. The van der Waals surface area contributed by atoms with Crippen LogP contribution in [0.1, 0.15) is 27.0 Å². The fourth-order valence-electron chi connectivity index (χ4n) is 2.90. The Balaban J connectivity index is 1.83. The minimum absolute atomic E-state index is 0.0797. The van der Waals surface area contributed by atoms with Crippen molar-refractivity contribution in [3.05, 3.63) is 101 Å². The van der Waals surface area contributed by atoms with Crippen LogP contribution in [0.15, 0.2) is 78.9 Å². The summed E-state index contributed by atoms with van der Waals surface area (Å²) < 4.78 is 15.6. The van der Waals surface area contributed by atoms with Gasteiger partial charge in [-0.1, -0.05) is 60.7 Å². The summed E-state index contributed by atoms with van der Waals surface area (Å²) in [6, 6.07) is 23.5. The van der Waals surface area contributed by atoms with E-state index in [9.17, 15) is 9.59 Å². The minimum Gasteiger partial charge on any atom is -0.496 e. The summed E-state index contributed by atoms with van der Waals surface area (Å²) in [5, 5.41) is 0. The fraction of sp³-hybridized carbons (Fsp3) is 0.120. The number of esters is 2. The van der Waals surface area contributed by atoms with Gasteiger partial charge in [0, 0.05) is 5.56 Å². The molecule has 5 heteroatoms. The molecular formula is C25H22O5. The van der Waals surface area contributed by atoms with Crippen LogP contribution in [0.2, 0.25) is 0 Å². The van der Waals surface area contributed by atoms with Crippen molar-refractivity contribution >= 4 is 23.6 Å². The Morgan fingerprint density at radius 1 is 0.800 bits per heavy atom. The van der Waals surface area contributed by atoms with Gasteiger partial charge in [-0.3, -0.25) is 0 Å². The summed E-state index contributed by atoms with van der Waals surface area (Å²) >= 11 is 0. The summed E-state index contributed by atoms with van der Waals surface area (Å²) in [6.07, 6.45) is 1.76. The number of methoxy groups -OCH3 is 2. The molecule has 0 atom stereocenters. The quantitative estimate of drug-likeness (QED) is 0.324. The summed E-state index contributed by atoms with van der Waals surface area (Å²) in [5.41, 5.74) is 3.15. The van der Waals surface area contributed by atoms with Gasteiger partial charge in [-0.15, -0.1) is 0 Å². The fourth-order valence-corrected chi connectivity index (χ4v) is 2.90. The normalized spacial score (nSPS) is 10.9. The molecule has 0 fully saturated rings. The first kappa shape index (κ1) is 20.9. The molecule has 0 amide bonds. The number of hydrogen-bond donors (Lipinski definition) is 0. The van der Waals surface area contributed by atoms with Crippen molar-refractivity contribution in [2.24, 2.45) is 0 Å². The molecule has 0 radical (unpaired) electrons. The van der Waals surface area contributed by atoms with E-state index in [1.165, 1.54) is 7.11 Å². The van der Waals surface area contributed by atoms with E-state index in [0.717, 1.165) is 16.7 Å². The van der Waals surface area contributed by atoms with Crippen LogP contribution in [0, 0.1) is 0 Å². The number of hydrogen-bond acceptors (Lipinski definition) is 5. The van der Waals surface area contributed by atoms with Crippen LogP contribution < -0.4 is 4.74 Å². The maximum atomic E-state index is 12.9. The zero-order valence-corrected chi connectivity index (χ0v) is 16.8. The van der Waals surface area contributed by atoms with Crippen LogP contribution in [0.3, 0.4) is 0 Å². The Labute approximate surface area is 175 Å². The van der Waals surface area contributed by atoms with E-state index < -0.39 is 11.9 Å². The number of carbonyl (C=O) groups excluding carboxylic acids is 2. The second kappa shape index (κ2) is 10.1. The smallest absolute Gasteiger partial charge is 0.339 e. The van der Waals surface area contributed by atoms with Gasteiger partial charge in [0.05, 0.1) is 25.4 Å². The standard InChI is InChI=1S/C25H22O5/c1-28-23-11-7-6-10-21(23)16-22(19-8-4-3-5-9-19)25(27)30-17-18-12-14-20(15-13-18)24(26)29-2/h3-16H,17H2,1-2H3/b22-16+. The number of benzene rings is 3. The molecular weight excluding hydrogens is 380 g/mol. The van der Waals surface area contributed by atoms with Crippen molar-refractivity contribution < 1.29 is 23.8 Å². The zero-order chi connectivity index (χ0) is 21.3. The number of rotatable bonds is 7. The molecule has 0 bridgehead atoms. The topological polar surface area (TPSA) is 61.8 Å². The summed E-state index contributed by atoms with van der Waals surface area (Å²) in [5.74, 6) is -0.203. The summed E-state index contributed by atoms with van der Waals surface area (Å²) in [7, 11) is 2.92. The number of carbonyl (C=O) groups is 2. The van der Waals surface area contributed by atoms with Gasteiger partial charge in [-0.2, -0.15) is 0 Å². The second-order valence-corrected chi connectivity index (χ2v) is 6.43. The van der Waals surface area contributed by atoms with Gasteiger partial charge in [-0.25, -0.2) is 9.59 Å². The van der Waals surface area contributed by atoms with Crippen LogP contribution in [0.25, 0.3) is 11.6 Å². The average Bonchev–Trinajstić information content (AvgIpc) is 2.81. The predicted molar refractivity (Wildman–Crippen MR) is 115 cm³/mol. The van der Waals surface area contributed by atoms with Gasteiger partial charge >= 0.3 is 11.9 Å². The van der Waals surface area contributed by atoms with E-state index in [4.69, 9.17) is 9.47 Å². The van der Waals surface area contributed by atoms with Crippen LogP contribution >= 0.6 is 0 Å². The van der Waals surface area contributed by atoms with Gasteiger partial charge in [0.1, 0.15) is 12.4 Å². The Morgan fingerprint density at radius 3 is 2.13 bits per heavy atom. The lowest BCUT2D eigenvalue weighted by atomic mass is 10.0. The van der Waals surface area contributed by atoms with E-state index in [2.05, 4.69) is 4.74 Å². The zero-order valence-electron chi connectivity index (χ0n) is 16.8. The third kappa shape index (κ3) is 5.14. The Bertz CT molecular complexity index is 1040. The van der Waals surface area contributed by atoms with Gasteiger partial charge in [0.15, 0.2) is 0 Å². The lowest BCUT2D eigenvalue weighted by molar-refractivity contribution is -0.137. The van der Waals surface area contributed by atoms with Crippen molar-refractivity contribution in [1.29, 1.82) is 0 Å². The first-order valence-corrected chi connectivity index (χ1v) is 9.37. The van der Waals surface area contributed by atoms with E-state index in [0.29, 0.717) is 16.9 Å². The van der Waals surface area contributed by atoms with Crippen molar-refractivity contribution in [2.75, 3.05) is 14.2 Å². The van der Waals surface area contributed by atoms with E-state index in [-0.39, 0.29) is 6.61 Å². The molecule has 152 valence electrons. The van der Waals surface area contributed by atoms with E-state index >= 15 is 0 Å². The summed E-state index contributed by atoms with van der Waals surface area (Å²) in [6.45, 7) is 0.0797. The monoisotopic (exact) mass is 402 g/mol. The highest BCUT2D eigenvalue weighted by atomic mass is 16.5. The van der Waals surface area contributed by atoms with Crippen molar-refractivity contribution in [3.63, 3.8) is 0 Å². The average molecular weight is 402 g/mol. The second-order valence-electron chi connectivity index (χ2n) is 6.43. The van der Waals surface area contributed by atoms with Crippen molar-refractivity contribution in [3.8, 4) is 5.75 Å². The van der Waals surface area contributed by atoms with Gasteiger partial charge in [-0.05, 0) is 35.4 Å². The van der Waals surface area contributed by atoms with E-state index in [1.54, 1.807) is 37.5 Å². The molecule has 0 aliphatic rings. The maximum Gasteiger partial charge on any atom is 0.339 e. The minimum atomic E-state index is -0.454. The largest absolute Gasteiger partial charge is 0.496 e. The van der Waals surface area contributed by atoms with Gasteiger partial charge in [0.2, 0.25) is 0 Å². The molecule has 3 aromatic rings. The highest BCUT2D eigenvalue weighted by Crippen LogP contribution is 2.25. The molecule has 0 saturated carbocycles. The van der Waals surface area contributed by atoms with Crippen molar-refractivity contribution in [1.82, 2.24) is 0 Å². The molecule has 0 N–H and O–H groups in total. The third-order valence-corrected chi connectivity index (χ3v) is 4.49. The Hall–Kier alpha value is -3.86. The lowest BCUT2D eigenvalue weighted by Gasteiger charge is -2.11. The molecule has 0 aliphatic heterocycles. The molecule has 0 aromatic heterocycles. The molecule has 3 rings (SSSR count). The molecule has 5 nitrogen and oxygen atoms in total. The first-order chi connectivity index (χ1) is 14.6. The highest BCUT2D eigenvalue weighted by molar-refractivity contribution is 6.21. The summed E-state index contributed by atoms with van der Waals surface area (Å²) in [4.78, 5) is 24.5. The van der Waals surface area contributed by atoms with Gasteiger partial charge < -0.3 is 14.2 Å². The molecule has 0 spiro atoms. The SMILES string of the molecule is COC(=O)c1ccc(COC(=O)/C(=C/c2ccccc2OC)c2ccccc2)cc1. The molecule has 0 unspecified atom stereocenters. The van der Waals surface area contributed by atoms with Crippen molar-refractivity contribution in [2.45, 2.75) is 6.61 Å². The Morgan fingerprint density at radius 2 is 1.47 bits per heavy atom. The van der Waals surface area contributed by atoms with Crippen LogP contribution in [-0.2, 0) is 20.9 Å². The van der Waals surface area contributed by atoms with Crippen LogP contribution in [-0.4, -0.2) is 26.2 Å². The van der Waals surface area contributed by atoms with E-state index in [1.807, 2.05) is 54.6 Å². The van der Waals surface area contributed by atoms with Crippen LogP contribution in [0.5, 0.6) is 5.75 Å². The number of para-hydroxylation sites is 1. The highest BCUT2D eigenvalue weighted by Gasteiger charge is 2.15. The number of ether oxygens (including phenoxy) is 3. The molecule has 3 aromatic carbocycles.